The molecule has 102 valence electrons. The van der Waals surface area contributed by atoms with Gasteiger partial charge in [0.05, 0.1) is 5.56 Å². The van der Waals surface area contributed by atoms with Crippen LogP contribution < -0.4 is 4.90 Å². The van der Waals surface area contributed by atoms with E-state index < -0.39 is 5.97 Å². The number of aromatic carboxylic acids is 1. The molecule has 1 aliphatic heterocycles. The number of carbonyl (C=O) groups is 1. The molecule has 0 saturated heterocycles. The van der Waals surface area contributed by atoms with Crippen molar-refractivity contribution in [2.24, 2.45) is 0 Å². The Morgan fingerprint density at radius 3 is 2.70 bits per heavy atom. The predicted octanol–water partition coefficient (Wildman–Crippen LogP) is 3.53. The van der Waals surface area contributed by atoms with Crippen LogP contribution in [0.4, 0.5) is 15.8 Å². The number of hydrogen-bond donors (Lipinski definition) is 1. The molecule has 0 amide bonds. The average molecular weight is 271 g/mol. The van der Waals surface area contributed by atoms with Crippen LogP contribution in [0.5, 0.6) is 0 Å². The number of benzene rings is 2. The van der Waals surface area contributed by atoms with E-state index >= 15 is 0 Å². The van der Waals surface area contributed by atoms with Crippen molar-refractivity contribution < 1.29 is 14.3 Å². The summed E-state index contributed by atoms with van der Waals surface area (Å²) >= 11 is 0. The number of anilines is 2. The molecule has 20 heavy (non-hydrogen) atoms. The Kier molecular flexibility index (Phi) is 2.93. The molecule has 0 fully saturated rings. The Balaban J connectivity index is 2.04. The summed E-state index contributed by atoms with van der Waals surface area (Å²) in [5.74, 6) is -1.19. The number of nitrogens with zero attached hydrogens (tertiary/aromatic N) is 1. The van der Waals surface area contributed by atoms with Gasteiger partial charge in [0.1, 0.15) is 5.82 Å². The van der Waals surface area contributed by atoms with Gasteiger partial charge < -0.3 is 10.0 Å². The molecule has 1 aliphatic rings. The molecule has 0 aliphatic carbocycles. The molecule has 1 N–H and O–H groups in total. The molecule has 1 heterocycles. The zero-order chi connectivity index (χ0) is 14.3. The molecule has 2 aromatic rings. The third kappa shape index (κ3) is 2.03. The van der Waals surface area contributed by atoms with Gasteiger partial charge in [0.2, 0.25) is 0 Å². The lowest BCUT2D eigenvalue weighted by molar-refractivity contribution is 0.0697. The van der Waals surface area contributed by atoms with Gasteiger partial charge in [-0.15, -0.1) is 0 Å². The predicted molar refractivity (Wildman–Crippen MR) is 75.2 cm³/mol. The number of hydrogen-bond acceptors (Lipinski definition) is 2. The lowest BCUT2D eigenvalue weighted by atomic mass is 10.1. The minimum atomic E-state index is -0.937. The molecule has 0 spiro atoms. The second kappa shape index (κ2) is 4.63. The maximum atomic E-state index is 13.4. The van der Waals surface area contributed by atoms with Crippen LogP contribution in [0.2, 0.25) is 0 Å². The van der Waals surface area contributed by atoms with E-state index in [9.17, 15) is 9.18 Å². The van der Waals surface area contributed by atoms with Crippen LogP contribution in [-0.2, 0) is 6.42 Å². The first-order valence-corrected chi connectivity index (χ1v) is 6.46. The van der Waals surface area contributed by atoms with Gasteiger partial charge in [0.15, 0.2) is 0 Å². The smallest absolute Gasteiger partial charge is 0.335 e. The molecule has 0 saturated carbocycles. The molecule has 4 heteroatoms. The van der Waals surface area contributed by atoms with Gasteiger partial charge in [0, 0.05) is 17.9 Å². The third-order valence-electron chi connectivity index (χ3n) is 3.68. The van der Waals surface area contributed by atoms with Crippen molar-refractivity contribution in [3.05, 3.63) is 58.9 Å². The van der Waals surface area contributed by atoms with Crippen LogP contribution in [0, 0.1) is 12.7 Å². The normalized spacial score (nSPS) is 13.4. The third-order valence-corrected chi connectivity index (χ3v) is 3.68. The van der Waals surface area contributed by atoms with Gasteiger partial charge in [-0.1, -0.05) is 6.07 Å². The Morgan fingerprint density at radius 1 is 1.20 bits per heavy atom. The first-order chi connectivity index (χ1) is 9.56. The quantitative estimate of drug-likeness (QED) is 0.908. The van der Waals surface area contributed by atoms with E-state index in [0.29, 0.717) is 0 Å². The molecule has 2 aromatic carbocycles. The van der Waals surface area contributed by atoms with E-state index in [4.69, 9.17) is 5.11 Å². The summed E-state index contributed by atoms with van der Waals surface area (Å²) < 4.78 is 13.4. The van der Waals surface area contributed by atoms with Gasteiger partial charge in [-0.2, -0.15) is 0 Å². The van der Waals surface area contributed by atoms with Gasteiger partial charge in [-0.25, -0.2) is 9.18 Å². The monoisotopic (exact) mass is 271 g/mol. The highest BCUT2D eigenvalue weighted by Gasteiger charge is 2.22. The molecule has 0 aromatic heterocycles. The van der Waals surface area contributed by atoms with Crippen molar-refractivity contribution in [3.63, 3.8) is 0 Å². The Bertz CT molecular complexity index is 697. The summed E-state index contributed by atoms with van der Waals surface area (Å²) in [7, 11) is 0. The van der Waals surface area contributed by atoms with E-state index in [-0.39, 0.29) is 11.4 Å². The van der Waals surface area contributed by atoms with Crippen molar-refractivity contribution in [2.75, 3.05) is 11.4 Å². The van der Waals surface area contributed by atoms with Crippen molar-refractivity contribution in [1.29, 1.82) is 0 Å². The van der Waals surface area contributed by atoms with E-state index in [1.165, 1.54) is 12.1 Å². The fraction of sp³-hybridized carbons (Fsp3) is 0.188. The van der Waals surface area contributed by atoms with Crippen LogP contribution in [0.3, 0.4) is 0 Å². The van der Waals surface area contributed by atoms with Crippen molar-refractivity contribution in [1.82, 2.24) is 0 Å². The second-order valence-electron chi connectivity index (χ2n) is 4.98. The first-order valence-electron chi connectivity index (χ1n) is 6.46. The topological polar surface area (TPSA) is 40.5 Å². The summed E-state index contributed by atoms with van der Waals surface area (Å²) in [6.07, 6.45) is 0.871. The molecule has 0 unspecified atom stereocenters. The van der Waals surface area contributed by atoms with Crippen LogP contribution in [0.1, 0.15) is 21.5 Å². The molecule has 0 bridgehead atoms. The van der Waals surface area contributed by atoms with Crippen LogP contribution >= 0.6 is 0 Å². The maximum absolute atomic E-state index is 13.4. The zero-order valence-corrected chi connectivity index (χ0v) is 11.1. The SMILES string of the molecule is Cc1cc(C(=O)O)ccc1N1CCc2ccc(F)cc21. The molecule has 3 nitrogen and oxygen atoms in total. The number of fused-ring (bicyclic) bond motifs is 1. The molecular formula is C16H14FNO2. The van der Waals surface area contributed by atoms with Crippen LogP contribution in [0.25, 0.3) is 0 Å². The second-order valence-corrected chi connectivity index (χ2v) is 4.98. The lowest BCUT2D eigenvalue weighted by Crippen LogP contribution is -2.15. The largest absolute Gasteiger partial charge is 0.478 e. The van der Waals surface area contributed by atoms with Crippen LogP contribution in [-0.4, -0.2) is 17.6 Å². The summed E-state index contributed by atoms with van der Waals surface area (Å²) in [6.45, 7) is 2.66. The first kappa shape index (κ1) is 12.7. The van der Waals surface area contributed by atoms with Gasteiger partial charge in [-0.05, 0) is 54.8 Å². The lowest BCUT2D eigenvalue weighted by Gasteiger charge is -2.22. The molecular weight excluding hydrogens is 257 g/mol. The highest BCUT2D eigenvalue weighted by Crippen LogP contribution is 2.36. The summed E-state index contributed by atoms with van der Waals surface area (Å²) in [5.41, 5.74) is 4.07. The molecule has 0 atom stereocenters. The Labute approximate surface area is 116 Å². The minimum absolute atomic E-state index is 0.254. The Morgan fingerprint density at radius 2 is 2.00 bits per heavy atom. The summed E-state index contributed by atoms with van der Waals surface area (Å²) in [5, 5.41) is 9.00. The van der Waals surface area contributed by atoms with E-state index in [2.05, 4.69) is 0 Å². The number of halogens is 1. The number of rotatable bonds is 2. The van der Waals surface area contributed by atoms with Crippen molar-refractivity contribution in [2.45, 2.75) is 13.3 Å². The van der Waals surface area contributed by atoms with Gasteiger partial charge >= 0.3 is 5.97 Å². The summed E-state index contributed by atoms with van der Waals surface area (Å²) in [6, 6.07) is 9.84. The minimum Gasteiger partial charge on any atom is -0.478 e. The van der Waals surface area contributed by atoms with E-state index in [1.807, 2.05) is 17.9 Å². The Hall–Kier alpha value is -2.36. The van der Waals surface area contributed by atoms with E-state index in [0.717, 1.165) is 35.5 Å². The fourth-order valence-electron chi connectivity index (χ4n) is 2.69. The van der Waals surface area contributed by atoms with Crippen LogP contribution in [0.15, 0.2) is 36.4 Å². The molecule has 0 radical (unpaired) electrons. The zero-order valence-electron chi connectivity index (χ0n) is 11.1. The fourth-order valence-corrected chi connectivity index (χ4v) is 2.69. The standard InChI is InChI=1S/C16H14FNO2/c1-10-8-12(16(19)20)3-5-14(10)18-7-6-11-2-4-13(17)9-15(11)18/h2-5,8-9H,6-7H2,1H3,(H,19,20). The maximum Gasteiger partial charge on any atom is 0.335 e. The number of aryl methyl sites for hydroxylation is 1. The molecule has 3 rings (SSSR count). The average Bonchev–Trinajstić information content (AvgIpc) is 2.81. The number of carboxylic acid groups (broad SMARTS) is 1. The van der Waals surface area contributed by atoms with Crippen molar-refractivity contribution in [3.8, 4) is 0 Å². The highest BCUT2D eigenvalue weighted by molar-refractivity contribution is 5.89. The van der Waals surface area contributed by atoms with Gasteiger partial charge in [-0.3, -0.25) is 0 Å². The number of carboxylic acids is 1. The van der Waals surface area contributed by atoms with Crippen molar-refractivity contribution >= 4 is 17.3 Å². The highest BCUT2D eigenvalue weighted by atomic mass is 19.1. The van der Waals surface area contributed by atoms with Gasteiger partial charge in [0.25, 0.3) is 0 Å². The summed E-state index contributed by atoms with van der Waals surface area (Å²) in [4.78, 5) is 13.0. The van der Waals surface area contributed by atoms with E-state index in [1.54, 1.807) is 18.2 Å².